The first-order valence-electron chi connectivity index (χ1n) is 8.55. The zero-order chi connectivity index (χ0) is 19.8. The zero-order valence-electron chi connectivity index (χ0n) is 15.0. The monoisotopic (exact) mass is 398 g/mol. The maximum Gasteiger partial charge on any atom is 0.234 e. The van der Waals surface area contributed by atoms with Crippen molar-refractivity contribution in [3.05, 3.63) is 78.9 Å². The van der Waals surface area contributed by atoms with Gasteiger partial charge in [-0.3, -0.25) is 9.36 Å². The van der Waals surface area contributed by atoms with E-state index in [1.54, 1.807) is 12.1 Å². The van der Waals surface area contributed by atoms with Crippen molar-refractivity contribution in [1.82, 2.24) is 14.8 Å². The average molecular weight is 398 g/mol. The van der Waals surface area contributed by atoms with Crippen LogP contribution in [0.15, 0.2) is 72.4 Å². The summed E-state index contributed by atoms with van der Waals surface area (Å²) in [6.45, 7) is 4.50. The van der Waals surface area contributed by atoms with E-state index < -0.39 is 5.82 Å². The highest BCUT2D eigenvalue weighted by molar-refractivity contribution is 7.99. The minimum Gasteiger partial charge on any atom is -0.486 e. The number of para-hydroxylation sites is 1. The molecule has 0 aliphatic heterocycles. The van der Waals surface area contributed by atoms with Crippen molar-refractivity contribution in [3.8, 4) is 5.75 Å². The molecular formula is C20H19FN4O2S. The fraction of sp³-hybridized carbons (Fsp3) is 0.150. The number of anilines is 1. The molecule has 28 heavy (non-hydrogen) atoms. The van der Waals surface area contributed by atoms with E-state index in [1.165, 1.54) is 30.0 Å². The first kappa shape index (κ1) is 19.6. The number of nitrogens with zero attached hydrogens (tertiary/aromatic N) is 3. The summed E-state index contributed by atoms with van der Waals surface area (Å²) in [6.07, 6.45) is 1.73. The van der Waals surface area contributed by atoms with Crippen LogP contribution < -0.4 is 10.1 Å². The lowest BCUT2D eigenvalue weighted by atomic mass is 10.3. The van der Waals surface area contributed by atoms with Crippen molar-refractivity contribution in [1.29, 1.82) is 0 Å². The summed E-state index contributed by atoms with van der Waals surface area (Å²) in [5.41, 5.74) is 0.412. The molecule has 0 fully saturated rings. The number of halogens is 1. The molecule has 2 aromatic carbocycles. The molecule has 144 valence electrons. The highest BCUT2D eigenvalue weighted by Gasteiger charge is 2.14. The summed E-state index contributed by atoms with van der Waals surface area (Å²) in [4.78, 5) is 12.1. The van der Waals surface area contributed by atoms with Crippen molar-refractivity contribution in [3.63, 3.8) is 0 Å². The van der Waals surface area contributed by atoms with Gasteiger partial charge in [-0.25, -0.2) is 4.39 Å². The minimum absolute atomic E-state index is 0.116. The molecular weight excluding hydrogens is 379 g/mol. The van der Waals surface area contributed by atoms with Gasteiger partial charge in [0.15, 0.2) is 11.0 Å². The molecule has 0 saturated carbocycles. The Morgan fingerprint density at radius 2 is 2.04 bits per heavy atom. The summed E-state index contributed by atoms with van der Waals surface area (Å²) < 4.78 is 20.8. The van der Waals surface area contributed by atoms with Gasteiger partial charge in [-0.2, -0.15) is 0 Å². The van der Waals surface area contributed by atoms with E-state index in [-0.39, 0.29) is 18.3 Å². The number of hydrogen-bond acceptors (Lipinski definition) is 5. The van der Waals surface area contributed by atoms with Gasteiger partial charge in [-0.1, -0.05) is 42.1 Å². The highest BCUT2D eigenvalue weighted by atomic mass is 32.2. The Morgan fingerprint density at radius 1 is 1.21 bits per heavy atom. The molecule has 0 spiro atoms. The third-order valence-corrected chi connectivity index (χ3v) is 4.62. The SMILES string of the molecule is C=CCn1c(COc2ccccc2)nnc1SCC(=O)Nc1cccc(F)c1. The molecule has 6 nitrogen and oxygen atoms in total. The molecule has 0 saturated heterocycles. The molecule has 1 heterocycles. The second-order valence-corrected chi connectivity index (χ2v) is 6.69. The van der Waals surface area contributed by atoms with Gasteiger partial charge in [0.1, 0.15) is 18.2 Å². The lowest BCUT2D eigenvalue weighted by molar-refractivity contribution is -0.113. The number of benzene rings is 2. The van der Waals surface area contributed by atoms with Crippen LogP contribution in [0.5, 0.6) is 5.75 Å². The number of carbonyl (C=O) groups excluding carboxylic acids is 1. The predicted octanol–water partition coefficient (Wildman–Crippen LogP) is 3.91. The van der Waals surface area contributed by atoms with Crippen LogP contribution in [0.1, 0.15) is 5.82 Å². The number of rotatable bonds is 9. The molecule has 1 N–H and O–H groups in total. The van der Waals surface area contributed by atoms with Crippen LogP contribution in [-0.2, 0) is 17.9 Å². The molecule has 0 bridgehead atoms. The predicted molar refractivity (Wildman–Crippen MR) is 107 cm³/mol. The molecule has 0 radical (unpaired) electrons. The number of hydrogen-bond donors (Lipinski definition) is 1. The zero-order valence-corrected chi connectivity index (χ0v) is 15.9. The molecule has 1 amide bonds. The molecule has 0 unspecified atom stereocenters. The number of ether oxygens (including phenoxy) is 1. The van der Waals surface area contributed by atoms with Gasteiger partial charge in [-0.05, 0) is 30.3 Å². The van der Waals surface area contributed by atoms with E-state index in [1.807, 2.05) is 34.9 Å². The Hall–Kier alpha value is -3.13. The normalized spacial score (nSPS) is 10.5. The summed E-state index contributed by atoms with van der Waals surface area (Å²) in [5, 5.41) is 11.5. The van der Waals surface area contributed by atoms with E-state index in [0.29, 0.717) is 23.2 Å². The Labute approximate surface area is 166 Å². The van der Waals surface area contributed by atoms with E-state index in [9.17, 15) is 9.18 Å². The Morgan fingerprint density at radius 3 is 2.79 bits per heavy atom. The van der Waals surface area contributed by atoms with Gasteiger partial charge in [0.2, 0.25) is 5.91 Å². The third kappa shape index (κ3) is 5.43. The highest BCUT2D eigenvalue weighted by Crippen LogP contribution is 2.19. The van der Waals surface area contributed by atoms with E-state index in [0.717, 1.165) is 5.75 Å². The fourth-order valence-electron chi connectivity index (χ4n) is 2.40. The number of amides is 1. The quantitative estimate of drug-likeness (QED) is 0.437. The Balaban J connectivity index is 1.60. The second-order valence-electron chi connectivity index (χ2n) is 5.75. The molecule has 8 heteroatoms. The maximum atomic E-state index is 13.2. The van der Waals surface area contributed by atoms with Crippen molar-refractivity contribution in [2.45, 2.75) is 18.3 Å². The molecule has 3 rings (SSSR count). The van der Waals surface area contributed by atoms with Crippen molar-refractivity contribution in [2.24, 2.45) is 0 Å². The number of aromatic nitrogens is 3. The number of nitrogens with one attached hydrogen (secondary N) is 1. The topological polar surface area (TPSA) is 69.0 Å². The van der Waals surface area contributed by atoms with Gasteiger partial charge < -0.3 is 10.1 Å². The van der Waals surface area contributed by atoms with Gasteiger partial charge in [-0.15, -0.1) is 16.8 Å². The van der Waals surface area contributed by atoms with E-state index in [2.05, 4.69) is 22.1 Å². The Kier molecular flexibility index (Phi) is 6.80. The molecule has 0 aliphatic rings. The third-order valence-electron chi connectivity index (χ3n) is 3.66. The maximum absolute atomic E-state index is 13.2. The lowest BCUT2D eigenvalue weighted by Gasteiger charge is -2.09. The van der Waals surface area contributed by atoms with Crippen LogP contribution >= 0.6 is 11.8 Å². The number of carbonyl (C=O) groups is 1. The van der Waals surface area contributed by atoms with Crippen LogP contribution in [0.2, 0.25) is 0 Å². The Bertz CT molecular complexity index is 946. The van der Waals surface area contributed by atoms with Gasteiger partial charge >= 0.3 is 0 Å². The van der Waals surface area contributed by atoms with Crippen LogP contribution in [0.25, 0.3) is 0 Å². The van der Waals surface area contributed by atoms with Crippen LogP contribution in [0.3, 0.4) is 0 Å². The van der Waals surface area contributed by atoms with Crippen LogP contribution in [0.4, 0.5) is 10.1 Å². The molecule has 0 atom stereocenters. The summed E-state index contributed by atoms with van der Waals surface area (Å²) >= 11 is 1.24. The van der Waals surface area contributed by atoms with E-state index in [4.69, 9.17) is 4.74 Å². The van der Waals surface area contributed by atoms with E-state index >= 15 is 0 Å². The smallest absolute Gasteiger partial charge is 0.234 e. The van der Waals surface area contributed by atoms with Crippen molar-refractivity contribution < 1.29 is 13.9 Å². The lowest BCUT2D eigenvalue weighted by Crippen LogP contribution is -2.15. The molecule has 3 aromatic rings. The largest absolute Gasteiger partial charge is 0.486 e. The molecule has 1 aromatic heterocycles. The van der Waals surface area contributed by atoms with Gasteiger partial charge in [0, 0.05) is 12.2 Å². The van der Waals surface area contributed by atoms with Crippen LogP contribution in [0, 0.1) is 5.82 Å². The van der Waals surface area contributed by atoms with Gasteiger partial charge in [0.05, 0.1) is 5.75 Å². The second kappa shape index (κ2) is 9.70. The molecule has 0 aliphatic carbocycles. The minimum atomic E-state index is -0.403. The fourth-order valence-corrected chi connectivity index (χ4v) is 3.17. The van der Waals surface area contributed by atoms with Crippen molar-refractivity contribution >= 4 is 23.4 Å². The summed E-state index contributed by atoms with van der Waals surface area (Å²) in [5.74, 6) is 0.826. The number of thioether (sulfide) groups is 1. The summed E-state index contributed by atoms with van der Waals surface area (Å²) in [7, 11) is 0. The average Bonchev–Trinajstić information content (AvgIpc) is 3.08. The first-order chi connectivity index (χ1) is 13.7. The first-order valence-corrected chi connectivity index (χ1v) is 9.53. The van der Waals surface area contributed by atoms with Crippen LogP contribution in [-0.4, -0.2) is 26.4 Å². The number of allylic oxidation sites excluding steroid dienone is 1. The standard InChI is InChI=1S/C20H19FN4O2S/c1-2-11-25-18(13-27-17-9-4-3-5-10-17)23-24-20(25)28-14-19(26)22-16-8-6-7-15(21)12-16/h2-10,12H,1,11,13-14H2,(H,22,26). The van der Waals surface area contributed by atoms with Crippen molar-refractivity contribution in [2.75, 3.05) is 11.1 Å². The van der Waals surface area contributed by atoms with Gasteiger partial charge in [0.25, 0.3) is 0 Å². The summed E-state index contributed by atoms with van der Waals surface area (Å²) in [6, 6.07) is 15.2.